The quantitative estimate of drug-likeness (QED) is 0.730. The topological polar surface area (TPSA) is 75.4 Å². The van der Waals surface area contributed by atoms with Crippen molar-refractivity contribution in [3.05, 3.63) is 27.7 Å². The maximum absolute atomic E-state index is 12.3. The smallest absolute Gasteiger partial charge is 0.251 e. The van der Waals surface area contributed by atoms with E-state index in [1.807, 2.05) is 6.92 Å². The van der Waals surface area contributed by atoms with Gasteiger partial charge in [-0.1, -0.05) is 15.9 Å². The maximum Gasteiger partial charge on any atom is 0.251 e. The highest BCUT2D eigenvalue weighted by atomic mass is 79.9. The van der Waals surface area contributed by atoms with Crippen LogP contribution in [-0.4, -0.2) is 23.2 Å². The number of carbonyl (C=O) groups is 1. The number of hydrogen-bond donors (Lipinski definition) is 3. The summed E-state index contributed by atoms with van der Waals surface area (Å²) in [7, 11) is 0. The number of hydrogen-bond acceptors (Lipinski definition) is 3. The molecule has 0 atom stereocenters. The second-order valence-corrected chi connectivity index (χ2v) is 6.06. The van der Waals surface area contributed by atoms with Gasteiger partial charge in [0.05, 0.1) is 6.10 Å². The highest BCUT2D eigenvalue weighted by Crippen LogP contribution is 2.24. The van der Waals surface area contributed by atoms with Crippen molar-refractivity contribution in [2.24, 2.45) is 0 Å². The fourth-order valence-corrected chi connectivity index (χ4v) is 2.89. The van der Waals surface area contributed by atoms with Gasteiger partial charge in [-0.2, -0.15) is 0 Å². The SMILES string of the molecule is Cc1c(N)cc(Br)cc1C(=O)NC1CCC(O)CC1. The summed E-state index contributed by atoms with van der Waals surface area (Å²) >= 11 is 3.36. The summed E-state index contributed by atoms with van der Waals surface area (Å²) in [5.41, 5.74) is 7.89. The van der Waals surface area contributed by atoms with Gasteiger partial charge < -0.3 is 16.2 Å². The Labute approximate surface area is 121 Å². The molecule has 1 aromatic rings. The first-order valence-electron chi connectivity index (χ1n) is 6.52. The van der Waals surface area contributed by atoms with Crippen LogP contribution in [0.15, 0.2) is 16.6 Å². The molecule has 0 aromatic heterocycles. The summed E-state index contributed by atoms with van der Waals surface area (Å²) < 4.78 is 0.805. The summed E-state index contributed by atoms with van der Waals surface area (Å²) in [4.78, 5) is 12.3. The van der Waals surface area contributed by atoms with Crippen molar-refractivity contribution in [3.8, 4) is 0 Å². The Morgan fingerprint density at radius 2 is 2.00 bits per heavy atom. The molecule has 4 nitrogen and oxygen atoms in total. The fraction of sp³-hybridized carbons (Fsp3) is 0.500. The second-order valence-electron chi connectivity index (χ2n) is 5.15. The lowest BCUT2D eigenvalue weighted by Crippen LogP contribution is -2.38. The van der Waals surface area contributed by atoms with Crippen molar-refractivity contribution in [2.75, 3.05) is 5.73 Å². The minimum atomic E-state index is -0.212. The zero-order valence-electron chi connectivity index (χ0n) is 10.9. The van der Waals surface area contributed by atoms with Crippen molar-refractivity contribution in [3.63, 3.8) is 0 Å². The molecule has 1 aromatic carbocycles. The molecule has 0 spiro atoms. The highest BCUT2D eigenvalue weighted by molar-refractivity contribution is 9.10. The van der Waals surface area contributed by atoms with Gasteiger partial charge in [0.1, 0.15) is 0 Å². The molecule has 0 heterocycles. The number of anilines is 1. The minimum absolute atomic E-state index is 0.0908. The molecule has 5 heteroatoms. The Hall–Kier alpha value is -1.07. The van der Waals surface area contributed by atoms with Crippen LogP contribution in [0, 0.1) is 6.92 Å². The molecule has 4 N–H and O–H groups in total. The number of nitrogens with two attached hydrogens (primary N) is 1. The van der Waals surface area contributed by atoms with E-state index < -0.39 is 0 Å². The Morgan fingerprint density at radius 1 is 1.37 bits per heavy atom. The standard InChI is InChI=1S/C14H19BrN2O2/c1-8-12(6-9(15)7-13(8)16)14(19)17-10-2-4-11(18)5-3-10/h6-7,10-11,18H,2-5,16H2,1H3,(H,17,19). The van der Waals surface area contributed by atoms with E-state index in [1.54, 1.807) is 12.1 Å². The Kier molecular flexibility index (Phi) is 4.47. The number of halogens is 1. The van der Waals surface area contributed by atoms with Crippen LogP contribution in [0.25, 0.3) is 0 Å². The van der Waals surface area contributed by atoms with E-state index >= 15 is 0 Å². The molecule has 2 rings (SSSR count). The summed E-state index contributed by atoms with van der Waals surface area (Å²) in [5.74, 6) is -0.0908. The minimum Gasteiger partial charge on any atom is -0.398 e. The van der Waals surface area contributed by atoms with E-state index in [0.29, 0.717) is 11.3 Å². The molecule has 0 unspecified atom stereocenters. The maximum atomic E-state index is 12.3. The van der Waals surface area contributed by atoms with Crippen LogP contribution in [-0.2, 0) is 0 Å². The molecule has 0 saturated heterocycles. The number of rotatable bonds is 2. The van der Waals surface area contributed by atoms with Crippen LogP contribution in [0.1, 0.15) is 41.6 Å². The molecule has 1 aliphatic carbocycles. The molecular formula is C14H19BrN2O2. The van der Waals surface area contributed by atoms with Gasteiger partial charge in [0, 0.05) is 21.8 Å². The summed E-state index contributed by atoms with van der Waals surface area (Å²) in [5, 5.41) is 12.5. The van der Waals surface area contributed by atoms with Crippen LogP contribution < -0.4 is 11.1 Å². The third-order valence-electron chi connectivity index (χ3n) is 3.69. The molecule has 0 bridgehead atoms. The van der Waals surface area contributed by atoms with E-state index in [2.05, 4.69) is 21.2 Å². The van der Waals surface area contributed by atoms with Crippen LogP contribution in [0.3, 0.4) is 0 Å². The third kappa shape index (κ3) is 3.48. The van der Waals surface area contributed by atoms with Gasteiger partial charge >= 0.3 is 0 Å². The predicted octanol–water partition coefficient (Wildman–Crippen LogP) is 2.37. The first-order valence-corrected chi connectivity index (χ1v) is 7.31. The molecule has 0 radical (unpaired) electrons. The van der Waals surface area contributed by atoms with E-state index in [0.717, 1.165) is 35.7 Å². The molecule has 1 fully saturated rings. The van der Waals surface area contributed by atoms with Crippen LogP contribution in [0.5, 0.6) is 0 Å². The van der Waals surface area contributed by atoms with E-state index in [1.165, 1.54) is 0 Å². The summed E-state index contributed by atoms with van der Waals surface area (Å²) in [6, 6.07) is 3.73. The Morgan fingerprint density at radius 3 is 2.63 bits per heavy atom. The van der Waals surface area contributed by atoms with Gasteiger partial charge in [-0.3, -0.25) is 4.79 Å². The summed E-state index contributed by atoms with van der Waals surface area (Å²) in [6.07, 6.45) is 2.95. The number of aliphatic hydroxyl groups excluding tert-OH is 1. The average molecular weight is 327 g/mol. The van der Waals surface area contributed by atoms with Crippen LogP contribution >= 0.6 is 15.9 Å². The number of aliphatic hydroxyl groups is 1. The van der Waals surface area contributed by atoms with Gasteiger partial charge in [0.15, 0.2) is 0 Å². The van der Waals surface area contributed by atoms with E-state index in [9.17, 15) is 9.90 Å². The van der Waals surface area contributed by atoms with Crippen LogP contribution in [0.4, 0.5) is 5.69 Å². The van der Waals surface area contributed by atoms with Crippen LogP contribution in [0.2, 0.25) is 0 Å². The van der Waals surface area contributed by atoms with Gasteiger partial charge in [-0.15, -0.1) is 0 Å². The number of nitrogens with one attached hydrogen (secondary N) is 1. The normalized spacial score (nSPS) is 23.1. The van der Waals surface area contributed by atoms with Crippen molar-refractivity contribution < 1.29 is 9.90 Å². The Bertz CT molecular complexity index is 483. The van der Waals surface area contributed by atoms with Gasteiger partial charge in [0.25, 0.3) is 5.91 Å². The molecule has 19 heavy (non-hydrogen) atoms. The predicted molar refractivity (Wildman–Crippen MR) is 79.0 cm³/mol. The average Bonchev–Trinajstić information content (AvgIpc) is 2.36. The monoisotopic (exact) mass is 326 g/mol. The molecule has 1 amide bonds. The number of amides is 1. The molecule has 1 saturated carbocycles. The Balaban J connectivity index is 2.08. The third-order valence-corrected chi connectivity index (χ3v) is 4.15. The van der Waals surface area contributed by atoms with E-state index in [-0.39, 0.29) is 18.1 Å². The molecular weight excluding hydrogens is 308 g/mol. The van der Waals surface area contributed by atoms with E-state index in [4.69, 9.17) is 5.73 Å². The number of nitrogen functional groups attached to an aromatic ring is 1. The second kappa shape index (κ2) is 5.92. The van der Waals surface area contributed by atoms with Gasteiger partial charge in [-0.05, 0) is 50.3 Å². The largest absolute Gasteiger partial charge is 0.398 e. The van der Waals surface area contributed by atoms with Crippen molar-refractivity contribution in [1.29, 1.82) is 0 Å². The lowest BCUT2D eigenvalue weighted by molar-refractivity contribution is 0.0867. The number of benzene rings is 1. The highest BCUT2D eigenvalue weighted by Gasteiger charge is 2.22. The van der Waals surface area contributed by atoms with Crippen molar-refractivity contribution in [1.82, 2.24) is 5.32 Å². The first kappa shape index (κ1) is 14.3. The fourth-order valence-electron chi connectivity index (χ4n) is 2.42. The number of carbonyl (C=O) groups excluding carboxylic acids is 1. The van der Waals surface area contributed by atoms with Crippen molar-refractivity contribution >= 4 is 27.5 Å². The lowest BCUT2D eigenvalue weighted by Gasteiger charge is -2.26. The van der Waals surface area contributed by atoms with Gasteiger partial charge in [-0.25, -0.2) is 0 Å². The zero-order chi connectivity index (χ0) is 14.0. The zero-order valence-corrected chi connectivity index (χ0v) is 12.5. The lowest BCUT2D eigenvalue weighted by atomic mass is 9.93. The van der Waals surface area contributed by atoms with Crippen molar-refractivity contribution in [2.45, 2.75) is 44.8 Å². The molecule has 104 valence electrons. The molecule has 1 aliphatic rings. The first-order chi connectivity index (χ1) is 8.97. The summed E-state index contributed by atoms with van der Waals surface area (Å²) in [6.45, 7) is 1.85. The molecule has 0 aliphatic heterocycles. The van der Waals surface area contributed by atoms with Gasteiger partial charge in [0.2, 0.25) is 0 Å².